The smallest absolute Gasteiger partial charge is 0.0931 e. The van der Waals surface area contributed by atoms with Crippen LogP contribution in [0.3, 0.4) is 0 Å². The highest BCUT2D eigenvalue weighted by Gasteiger charge is 2.43. The highest BCUT2D eigenvalue weighted by molar-refractivity contribution is 5.75. The molecule has 0 amide bonds. The lowest BCUT2D eigenvalue weighted by atomic mass is 9.64. The number of nitrogens with two attached hydrogens (primary N) is 1. The van der Waals surface area contributed by atoms with Gasteiger partial charge in [-0.15, -0.1) is 0 Å². The highest BCUT2D eigenvalue weighted by atomic mass is 14.9. The van der Waals surface area contributed by atoms with Crippen molar-refractivity contribution in [3.05, 3.63) is 30.1 Å². The Hall–Kier alpha value is -1.86. The predicted molar refractivity (Wildman–Crippen MR) is 64.9 cm³/mol. The molecule has 1 aromatic carbocycles. The van der Waals surface area contributed by atoms with Crippen LogP contribution in [0.25, 0.3) is 11.0 Å². The van der Waals surface area contributed by atoms with Gasteiger partial charge < -0.3 is 10.7 Å². The predicted octanol–water partition coefficient (Wildman–Crippen LogP) is 2.26. The Morgan fingerprint density at radius 3 is 2.94 bits per heavy atom. The summed E-state index contributed by atoms with van der Waals surface area (Å²) in [6.07, 6.45) is 4.59. The minimum atomic E-state index is -0.353. The molecule has 1 atom stereocenters. The van der Waals surface area contributed by atoms with Crippen LogP contribution in [-0.4, -0.2) is 9.97 Å². The Labute approximate surface area is 99.5 Å². The standard InChI is InChI=1S/C13H14N4/c14-7-13(4-1-5-13)12(15)9-2-3-10-11(6-9)17-8-16-10/h2-3,6,8,12H,1,4-5,15H2,(H,16,17). The first-order valence-electron chi connectivity index (χ1n) is 5.85. The van der Waals surface area contributed by atoms with Gasteiger partial charge in [0.2, 0.25) is 0 Å². The summed E-state index contributed by atoms with van der Waals surface area (Å²) in [6.45, 7) is 0. The van der Waals surface area contributed by atoms with Crippen LogP contribution < -0.4 is 5.73 Å². The van der Waals surface area contributed by atoms with E-state index in [0.717, 1.165) is 35.9 Å². The molecule has 0 radical (unpaired) electrons. The van der Waals surface area contributed by atoms with Gasteiger partial charge in [0.1, 0.15) is 0 Å². The summed E-state index contributed by atoms with van der Waals surface area (Å²) in [5.41, 5.74) is 8.82. The number of benzene rings is 1. The van der Waals surface area contributed by atoms with Crippen molar-refractivity contribution in [2.24, 2.45) is 11.1 Å². The number of hydrogen-bond donors (Lipinski definition) is 2. The molecule has 1 aliphatic rings. The van der Waals surface area contributed by atoms with Crippen molar-refractivity contribution < 1.29 is 0 Å². The lowest BCUT2D eigenvalue weighted by Crippen LogP contribution is -2.39. The lowest BCUT2D eigenvalue weighted by molar-refractivity contribution is 0.169. The van der Waals surface area contributed by atoms with E-state index in [4.69, 9.17) is 5.73 Å². The molecule has 0 spiro atoms. The Morgan fingerprint density at radius 1 is 1.47 bits per heavy atom. The van der Waals surface area contributed by atoms with E-state index in [1.165, 1.54) is 0 Å². The van der Waals surface area contributed by atoms with Crippen LogP contribution in [0.5, 0.6) is 0 Å². The molecule has 3 rings (SSSR count). The number of H-pyrrole nitrogens is 1. The molecule has 0 bridgehead atoms. The van der Waals surface area contributed by atoms with Gasteiger partial charge in [0.05, 0.1) is 28.8 Å². The second kappa shape index (κ2) is 3.57. The second-order valence-corrected chi connectivity index (χ2v) is 4.78. The summed E-state index contributed by atoms with van der Waals surface area (Å²) in [6, 6.07) is 8.14. The molecule has 17 heavy (non-hydrogen) atoms. The number of rotatable bonds is 2. The maximum atomic E-state index is 9.29. The van der Waals surface area contributed by atoms with Gasteiger partial charge in [-0.25, -0.2) is 4.98 Å². The number of hydrogen-bond acceptors (Lipinski definition) is 3. The normalized spacial score (nSPS) is 19.5. The highest BCUT2D eigenvalue weighted by Crippen LogP contribution is 2.48. The summed E-state index contributed by atoms with van der Waals surface area (Å²) in [5.74, 6) is 0. The van der Waals surface area contributed by atoms with E-state index in [1.54, 1.807) is 6.33 Å². The number of nitrogens with zero attached hydrogens (tertiary/aromatic N) is 2. The van der Waals surface area contributed by atoms with Gasteiger partial charge >= 0.3 is 0 Å². The molecule has 86 valence electrons. The zero-order valence-electron chi connectivity index (χ0n) is 9.48. The molecule has 4 heteroatoms. The number of nitrogens with one attached hydrogen (secondary N) is 1. The molecule has 1 saturated carbocycles. The number of aromatic nitrogens is 2. The molecule has 1 aliphatic carbocycles. The number of nitriles is 1. The van der Waals surface area contributed by atoms with Crippen molar-refractivity contribution in [3.8, 4) is 6.07 Å². The van der Waals surface area contributed by atoms with E-state index in [-0.39, 0.29) is 11.5 Å². The van der Waals surface area contributed by atoms with E-state index in [9.17, 15) is 5.26 Å². The maximum absolute atomic E-state index is 9.29. The van der Waals surface area contributed by atoms with Gasteiger partial charge in [-0.05, 0) is 30.5 Å². The maximum Gasteiger partial charge on any atom is 0.0931 e. The van der Waals surface area contributed by atoms with Crippen LogP contribution in [-0.2, 0) is 0 Å². The van der Waals surface area contributed by atoms with Gasteiger partial charge in [0, 0.05) is 6.04 Å². The largest absolute Gasteiger partial charge is 0.345 e. The van der Waals surface area contributed by atoms with E-state index < -0.39 is 0 Å². The molecular weight excluding hydrogens is 212 g/mol. The molecule has 1 fully saturated rings. The van der Waals surface area contributed by atoms with E-state index in [2.05, 4.69) is 16.0 Å². The molecule has 4 nitrogen and oxygen atoms in total. The van der Waals surface area contributed by atoms with E-state index in [1.807, 2.05) is 18.2 Å². The monoisotopic (exact) mass is 226 g/mol. The molecule has 1 unspecified atom stereocenters. The number of fused-ring (bicyclic) bond motifs is 1. The van der Waals surface area contributed by atoms with E-state index in [0.29, 0.717) is 0 Å². The minimum Gasteiger partial charge on any atom is -0.345 e. The molecule has 0 saturated heterocycles. The topological polar surface area (TPSA) is 78.5 Å². The first-order valence-corrected chi connectivity index (χ1v) is 5.85. The fourth-order valence-corrected chi connectivity index (χ4v) is 2.52. The third kappa shape index (κ3) is 1.43. The Balaban J connectivity index is 2.00. The van der Waals surface area contributed by atoms with Crippen LogP contribution in [0, 0.1) is 16.7 Å². The Kier molecular flexibility index (Phi) is 2.17. The summed E-state index contributed by atoms with van der Waals surface area (Å²) >= 11 is 0. The summed E-state index contributed by atoms with van der Waals surface area (Å²) in [5, 5.41) is 9.29. The van der Waals surface area contributed by atoms with Gasteiger partial charge in [-0.2, -0.15) is 5.26 Å². The van der Waals surface area contributed by atoms with Crippen LogP contribution in [0.2, 0.25) is 0 Å². The van der Waals surface area contributed by atoms with Crippen LogP contribution in [0.1, 0.15) is 30.9 Å². The molecule has 2 aromatic rings. The Bertz CT molecular complexity index is 589. The molecular formula is C13H14N4. The fourth-order valence-electron chi connectivity index (χ4n) is 2.52. The Morgan fingerprint density at radius 2 is 2.29 bits per heavy atom. The third-order valence-corrected chi connectivity index (χ3v) is 3.87. The zero-order valence-corrected chi connectivity index (χ0v) is 9.48. The van der Waals surface area contributed by atoms with Crippen molar-refractivity contribution in [1.82, 2.24) is 9.97 Å². The first kappa shape index (κ1) is 10.3. The van der Waals surface area contributed by atoms with Gasteiger partial charge in [0.25, 0.3) is 0 Å². The third-order valence-electron chi connectivity index (χ3n) is 3.87. The quantitative estimate of drug-likeness (QED) is 0.824. The second-order valence-electron chi connectivity index (χ2n) is 4.78. The summed E-state index contributed by atoms with van der Waals surface area (Å²) < 4.78 is 0. The average molecular weight is 226 g/mol. The van der Waals surface area contributed by atoms with Crippen LogP contribution >= 0.6 is 0 Å². The van der Waals surface area contributed by atoms with Crippen molar-refractivity contribution in [2.75, 3.05) is 0 Å². The van der Waals surface area contributed by atoms with Gasteiger partial charge in [-0.3, -0.25) is 0 Å². The van der Waals surface area contributed by atoms with Crippen molar-refractivity contribution in [2.45, 2.75) is 25.3 Å². The van der Waals surface area contributed by atoms with Gasteiger partial charge in [-0.1, -0.05) is 12.5 Å². The molecule has 1 aromatic heterocycles. The minimum absolute atomic E-state index is 0.200. The van der Waals surface area contributed by atoms with Crippen molar-refractivity contribution in [3.63, 3.8) is 0 Å². The zero-order chi connectivity index (χ0) is 11.9. The van der Waals surface area contributed by atoms with Gasteiger partial charge in [0.15, 0.2) is 0 Å². The van der Waals surface area contributed by atoms with Crippen LogP contribution in [0.4, 0.5) is 0 Å². The lowest BCUT2D eigenvalue weighted by Gasteiger charge is -2.40. The van der Waals surface area contributed by atoms with Crippen LogP contribution in [0.15, 0.2) is 24.5 Å². The first-order chi connectivity index (χ1) is 8.25. The average Bonchev–Trinajstić information content (AvgIpc) is 2.74. The summed E-state index contributed by atoms with van der Waals surface area (Å²) in [4.78, 5) is 7.24. The molecule has 1 heterocycles. The van der Waals surface area contributed by atoms with Crippen molar-refractivity contribution in [1.29, 1.82) is 5.26 Å². The number of aromatic amines is 1. The summed E-state index contributed by atoms with van der Waals surface area (Å²) in [7, 11) is 0. The van der Waals surface area contributed by atoms with E-state index >= 15 is 0 Å². The molecule has 0 aliphatic heterocycles. The number of imidazole rings is 1. The fraction of sp³-hybridized carbons (Fsp3) is 0.385. The molecule has 3 N–H and O–H groups in total. The SMILES string of the molecule is N#CC1(C(N)c2ccc3nc[nH]c3c2)CCC1. The van der Waals surface area contributed by atoms with Crippen molar-refractivity contribution >= 4 is 11.0 Å².